The van der Waals surface area contributed by atoms with Crippen LogP contribution in [-0.2, 0) is 39.0 Å². The van der Waals surface area contributed by atoms with Crippen LogP contribution in [0.15, 0.2) is 78.9 Å². The van der Waals surface area contributed by atoms with E-state index in [1.165, 1.54) is 10.6 Å². The highest BCUT2D eigenvalue weighted by atomic mass is 32.2. The van der Waals surface area contributed by atoms with Gasteiger partial charge in [-0.1, -0.05) is 86.5 Å². The second kappa shape index (κ2) is 15.2. The number of benzene rings is 3. The molecule has 3 aromatic carbocycles. The molecule has 1 unspecified atom stereocenters. The Kier molecular flexibility index (Phi) is 11.4. The number of sulfonamides is 1. The summed E-state index contributed by atoms with van der Waals surface area (Å²) in [4.78, 5) is 29.7. The Hall–Kier alpha value is -3.65. The molecule has 0 radical (unpaired) electrons. The molecule has 4 rings (SSSR count). The van der Waals surface area contributed by atoms with Crippen LogP contribution < -0.4 is 9.62 Å². The maximum atomic E-state index is 14.1. The minimum absolute atomic E-state index is 0.118. The fourth-order valence-electron chi connectivity index (χ4n) is 5.79. The molecule has 7 nitrogen and oxygen atoms in total. The van der Waals surface area contributed by atoms with Crippen LogP contribution in [-0.4, -0.2) is 50.0 Å². The van der Waals surface area contributed by atoms with Gasteiger partial charge >= 0.3 is 0 Å². The number of rotatable bonds is 14. The standard InChI is InChI=1S/C35H45N3O4S/c1-4-28-20-22-32(23-21-28)38(43(3,41)42)24-12-19-34(39)37(26-30-16-9-8-13-27(30)2)33(25-29-14-6-5-7-15-29)35(40)36-31-17-10-11-18-31/h5-9,13-16,20-23,31,33H,4,10-12,17-19,24-26H2,1-3H3,(H,36,40). The van der Waals surface area contributed by atoms with Crippen molar-refractivity contribution in [3.05, 3.63) is 101 Å². The monoisotopic (exact) mass is 603 g/mol. The maximum absolute atomic E-state index is 14.1. The molecule has 3 aromatic rings. The van der Waals surface area contributed by atoms with Gasteiger partial charge in [0.2, 0.25) is 21.8 Å². The molecule has 1 aliphatic rings. The quantitative estimate of drug-likeness (QED) is 0.252. The lowest BCUT2D eigenvalue weighted by Crippen LogP contribution is -2.52. The minimum Gasteiger partial charge on any atom is -0.352 e. The van der Waals surface area contributed by atoms with E-state index in [2.05, 4.69) is 12.2 Å². The summed E-state index contributed by atoms with van der Waals surface area (Å²) in [6.07, 6.45) is 7.00. The molecule has 0 aromatic heterocycles. The Morgan fingerprint density at radius 3 is 2.19 bits per heavy atom. The number of hydrogen-bond acceptors (Lipinski definition) is 4. The van der Waals surface area contributed by atoms with Crippen LogP contribution in [0.3, 0.4) is 0 Å². The minimum atomic E-state index is -3.55. The first-order valence-electron chi connectivity index (χ1n) is 15.4. The van der Waals surface area contributed by atoms with Crippen molar-refractivity contribution in [2.24, 2.45) is 0 Å². The van der Waals surface area contributed by atoms with E-state index in [1.807, 2.05) is 85.8 Å². The van der Waals surface area contributed by atoms with Crippen LogP contribution in [0.4, 0.5) is 5.69 Å². The van der Waals surface area contributed by atoms with E-state index >= 15 is 0 Å². The number of carbonyl (C=O) groups is 2. The van der Waals surface area contributed by atoms with E-state index < -0.39 is 16.1 Å². The molecule has 8 heteroatoms. The number of anilines is 1. The molecule has 0 saturated heterocycles. The van der Waals surface area contributed by atoms with Crippen molar-refractivity contribution >= 4 is 27.5 Å². The highest BCUT2D eigenvalue weighted by molar-refractivity contribution is 7.92. The van der Waals surface area contributed by atoms with Gasteiger partial charge in [-0.25, -0.2) is 8.42 Å². The summed E-state index contributed by atoms with van der Waals surface area (Å²) >= 11 is 0. The van der Waals surface area contributed by atoms with Gasteiger partial charge in [-0.2, -0.15) is 0 Å². The van der Waals surface area contributed by atoms with E-state index in [0.29, 0.717) is 25.1 Å². The van der Waals surface area contributed by atoms with Gasteiger partial charge in [0.05, 0.1) is 11.9 Å². The predicted molar refractivity (Wildman–Crippen MR) is 173 cm³/mol. The number of aryl methyl sites for hydroxylation is 2. The molecule has 1 saturated carbocycles. The fourth-order valence-corrected chi connectivity index (χ4v) is 6.76. The Labute approximate surface area is 257 Å². The molecule has 1 fully saturated rings. The van der Waals surface area contributed by atoms with Crippen molar-refractivity contribution < 1.29 is 18.0 Å². The van der Waals surface area contributed by atoms with Gasteiger partial charge in [0.1, 0.15) is 6.04 Å². The SMILES string of the molecule is CCc1ccc(N(CCCC(=O)N(Cc2ccccc2C)C(Cc2ccccc2)C(=O)NC2CCCC2)S(C)(=O)=O)cc1. The van der Waals surface area contributed by atoms with Gasteiger partial charge in [-0.15, -0.1) is 0 Å². The Balaban J connectivity index is 1.58. The summed E-state index contributed by atoms with van der Waals surface area (Å²) in [5.41, 5.74) is 4.72. The lowest BCUT2D eigenvalue weighted by atomic mass is 10.0. The maximum Gasteiger partial charge on any atom is 0.243 e. The number of carbonyl (C=O) groups excluding carboxylic acids is 2. The van der Waals surface area contributed by atoms with Crippen LogP contribution in [0.5, 0.6) is 0 Å². The molecule has 2 amide bonds. The third-order valence-electron chi connectivity index (χ3n) is 8.36. The first kappa shape index (κ1) is 32.3. The van der Waals surface area contributed by atoms with Gasteiger partial charge in [-0.3, -0.25) is 13.9 Å². The van der Waals surface area contributed by atoms with Gasteiger partial charge in [-0.05, 0) is 67.0 Å². The summed E-state index contributed by atoms with van der Waals surface area (Å²) in [7, 11) is -3.55. The van der Waals surface area contributed by atoms with Gasteiger partial charge in [0, 0.05) is 32.0 Å². The van der Waals surface area contributed by atoms with Crippen LogP contribution in [0.1, 0.15) is 67.7 Å². The highest BCUT2D eigenvalue weighted by Crippen LogP contribution is 2.23. The van der Waals surface area contributed by atoms with Crippen molar-refractivity contribution in [1.29, 1.82) is 0 Å². The number of nitrogens with one attached hydrogen (secondary N) is 1. The van der Waals surface area contributed by atoms with Gasteiger partial charge in [0.15, 0.2) is 0 Å². The lowest BCUT2D eigenvalue weighted by Gasteiger charge is -2.33. The topological polar surface area (TPSA) is 86.8 Å². The van der Waals surface area contributed by atoms with Crippen LogP contribution in [0.25, 0.3) is 0 Å². The molecule has 0 spiro atoms. The van der Waals surface area contributed by atoms with Crippen molar-refractivity contribution in [3.8, 4) is 0 Å². The Morgan fingerprint density at radius 2 is 1.56 bits per heavy atom. The normalized spacial score (nSPS) is 14.3. The summed E-state index contributed by atoms with van der Waals surface area (Å²) in [6, 6.07) is 24.7. The van der Waals surface area contributed by atoms with E-state index in [4.69, 9.17) is 0 Å². The van der Waals surface area contributed by atoms with E-state index in [1.54, 1.807) is 4.90 Å². The number of hydrogen-bond donors (Lipinski definition) is 1. The average Bonchev–Trinajstić information content (AvgIpc) is 3.51. The second-order valence-corrected chi connectivity index (χ2v) is 13.5. The molecule has 0 bridgehead atoms. The van der Waals surface area contributed by atoms with Crippen molar-refractivity contribution in [2.45, 2.75) is 83.8 Å². The number of amides is 2. The molecular formula is C35H45N3O4S. The smallest absolute Gasteiger partial charge is 0.243 e. The first-order valence-corrected chi connectivity index (χ1v) is 17.3. The lowest BCUT2D eigenvalue weighted by molar-refractivity contribution is -0.141. The van der Waals surface area contributed by atoms with E-state index in [-0.39, 0.29) is 30.8 Å². The highest BCUT2D eigenvalue weighted by Gasteiger charge is 2.32. The summed E-state index contributed by atoms with van der Waals surface area (Å²) in [6.45, 7) is 4.54. The molecular weight excluding hydrogens is 558 g/mol. The van der Waals surface area contributed by atoms with E-state index in [0.717, 1.165) is 54.4 Å². The third-order valence-corrected chi connectivity index (χ3v) is 9.55. The zero-order valence-electron chi connectivity index (χ0n) is 25.7. The molecule has 1 N–H and O–H groups in total. The van der Waals surface area contributed by atoms with Crippen molar-refractivity contribution in [3.63, 3.8) is 0 Å². The van der Waals surface area contributed by atoms with Crippen molar-refractivity contribution in [2.75, 3.05) is 17.1 Å². The van der Waals surface area contributed by atoms with Gasteiger partial charge in [0.25, 0.3) is 0 Å². The summed E-state index contributed by atoms with van der Waals surface area (Å²) in [5, 5.41) is 3.24. The van der Waals surface area contributed by atoms with Crippen molar-refractivity contribution in [1.82, 2.24) is 10.2 Å². The number of nitrogens with zero attached hydrogens (tertiary/aromatic N) is 2. The molecule has 230 valence electrons. The average molecular weight is 604 g/mol. The molecule has 0 heterocycles. The third kappa shape index (κ3) is 9.17. The zero-order valence-corrected chi connectivity index (χ0v) is 26.5. The Bertz CT molecular complexity index is 1450. The van der Waals surface area contributed by atoms with E-state index in [9.17, 15) is 18.0 Å². The zero-order chi connectivity index (χ0) is 30.8. The van der Waals surface area contributed by atoms with Crippen LogP contribution in [0, 0.1) is 6.92 Å². The molecule has 0 aliphatic heterocycles. The fraction of sp³-hybridized carbons (Fsp3) is 0.429. The molecule has 1 atom stereocenters. The summed E-state index contributed by atoms with van der Waals surface area (Å²) < 4.78 is 26.8. The first-order chi connectivity index (χ1) is 20.7. The second-order valence-electron chi connectivity index (χ2n) is 11.6. The largest absolute Gasteiger partial charge is 0.352 e. The molecule has 1 aliphatic carbocycles. The molecule has 43 heavy (non-hydrogen) atoms. The predicted octanol–water partition coefficient (Wildman–Crippen LogP) is 5.80. The summed E-state index contributed by atoms with van der Waals surface area (Å²) in [5.74, 6) is -0.299. The van der Waals surface area contributed by atoms with Crippen LogP contribution >= 0.6 is 0 Å². The van der Waals surface area contributed by atoms with Gasteiger partial charge < -0.3 is 10.2 Å². The Morgan fingerprint density at radius 1 is 0.907 bits per heavy atom. The van der Waals surface area contributed by atoms with Crippen LogP contribution in [0.2, 0.25) is 0 Å².